The molecule has 0 aliphatic rings. The highest BCUT2D eigenvalue weighted by Crippen LogP contribution is 2.13. The zero-order valence-electron chi connectivity index (χ0n) is 9.71. The van der Waals surface area contributed by atoms with Gasteiger partial charge in [-0.2, -0.15) is 5.26 Å². The van der Waals surface area contributed by atoms with Crippen molar-refractivity contribution < 1.29 is 19.4 Å². The van der Waals surface area contributed by atoms with Gasteiger partial charge in [-0.15, -0.1) is 0 Å². The first-order chi connectivity index (χ1) is 8.58. The van der Waals surface area contributed by atoms with Crippen molar-refractivity contribution in [2.45, 2.75) is 6.92 Å². The summed E-state index contributed by atoms with van der Waals surface area (Å²) in [7, 11) is 0. The molecule has 0 aliphatic carbocycles. The molecule has 5 heteroatoms. The molecule has 0 amide bonds. The topological polar surface area (TPSA) is 87.4 Å². The fourth-order valence-corrected chi connectivity index (χ4v) is 1.22. The van der Waals surface area contributed by atoms with E-state index in [1.165, 1.54) is 12.1 Å². The summed E-state index contributed by atoms with van der Waals surface area (Å²) in [6.45, 7) is 1.66. The quantitative estimate of drug-likeness (QED) is 0.376. The van der Waals surface area contributed by atoms with Crippen LogP contribution >= 0.6 is 0 Å². The number of benzene rings is 1. The maximum atomic E-state index is 11.3. The highest BCUT2D eigenvalue weighted by molar-refractivity contribution is 6.39. The second-order valence-corrected chi connectivity index (χ2v) is 3.31. The number of rotatable bonds is 4. The van der Waals surface area contributed by atoms with Crippen LogP contribution in [0.4, 0.5) is 0 Å². The molecule has 0 aromatic heterocycles. The Labute approximate surface area is 104 Å². The predicted molar refractivity (Wildman–Crippen MR) is 63.4 cm³/mol. The van der Waals surface area contributed by atoms with E-state index >= 15 is 0 Å². The van der Waals surface area contributed by atoms with E-state index in [1.807, 2.05) is 6.07 Å². The summed E-state index contributed by atoms with van der Waals surface area (Å²) in [6.07, 6.45) is 0.772. The third-order valence-electron chi connectivity index (χ3n) is 2.03. The van der Waals surface area contributed by atoms with Gasteiger partial charge < -0.3 is 9.84 Å². The average molecular weight is 245 g/mol. The number of carbonyl (C=O) groups is 2. The van der Waals surface area contributed by atoms with Crippen molar-refractivity contribution >= 4 is 17.5 Å². The first-order valence-electron chi connectivity index (χ1n) is 5.20. The van der Waals surface area contributed by atoms with Gasteiger partial charge in [0.2, 0.25) is 0 Å². The lowest BCUT2D eigenvalue weighted by molar-refractivity contribution is -0.151. The van der Waals surface area contributed by atoms with Gasteiger partial charge >= 0.3 is 5.97 Å². The molecule has 0 unspecified atom stereocenters. The Morgan fingerprint density at radius 2 is 2.22 bits per heavy atom. The van der Waals surface area contributed by atoms with E-state index in [0.717, 1.165) is 6.08 Å². The normalized spacial score (nSPS) is 10.6. The molecule has 1 aromatic rings. The first-order valence-corrected chi connectivity index (χ1v) is 5.20. The molecular weight excluding hydrogens is 234 g/mol. The fourth-order valence-electron chi connectivity index (χ4n) is 1.22. The molecule has 1 aromatic carbocycles. The number of hydrogen-bond acceptors (Lipinski definition) is 5. The summed E-state index contributed by atoms with van der Waals surface area (Å²) in [4.78, 5) is 22.3. The van der Waals surface area contributed by atoms with Gasteiger partial charge in [0.15, 0.2) is 0 Å². The Morgan fingerprint density at radius 3 is 2.83 bits per heavy atom. The Kier molecular flexibility index (Phi) is 4.64. The second kappa shape index (κ2) is 6.21. The smallest absolute Gasteiger partial charge is 0.379 e. The summed E-state index contributed by atoms with van der Waals surface area (Å²) < 4.78 is 4.49. The van der Waals surface area contributed by atoms with E-state index in [4.69, 9.17) is 5.26 Å². The zero-order chi connectivity index (χ0) is 13.5. The van der Waals surface area contributed by atoms with Gasteiger partial charge in [-0.05, 0) is 19.1 Å². The number of ketones is 1. The zero-order valence-corrected chi connectivity index (χ0v) is 9.71. The number of nitrogens with zero attached hydrogens (tertiary/aromatic N) is 1. The number of nitriles is 1. The predicted octanol–water partition coefficient (Wildman–Crippen LogP) is 1.59. The molecule has 0 aliphatic heterocycles. The molecule has 0 radical (unpaired) electrons. The number of esters is 1. The second-order valence-electron chi connectivity index (χ2n) is 3.31. The van der Waals surface area contributed by atoms with Crippen LogP contribution in [0, 0.1) is 11.3 Å². The van der Waals surface area contributed by atoms with E-state index < -0.39 is 11.8 Å². The van der Waals surface area contributed by atoms with Crippen LogP contribution in [-0.2, 0) is 14.3 Å². The third kappa shape index (κ3) is 3.46. The van der Waals surface area contributed by atoms with Gasteiger partial charge in [-0.25, -0.2) is 4.79 Å². The minimum atomic E-state index is -1.03. The molecule has 0 spiro atoms. The monoisotopic (exact) mass is 245 g/mol. The summed E-state index contributed by atoms with van der Waals surface area (Å²) in [6, 6.07) is 7.95. The summed E-state index contributed by atoms with van der Waals surface area (Å²) in [5, 5.41) is 18.3. The lowest BCUT2D eigenvalue weighted by atomic mass is 10.1. The molecule has 0 fully saturated rings. The minimum absolute atomic E-state index is 0.0864. The molecule has 1 rings (SSSR count). The van der Waals surface area contributed by atoms with Crippen LogP contribution in [0.1, 0.15) is 18.1 Å². The van der Waals surface area contributed by atoms with Crippen molar-refractivity contribution in [1.29, 1.82) is 5.26 Å². The Balaban J connectivity index is 2.92. The number of hydrogen-bond donors (Lipinski definition) is 1. The summed E-state index contributed by atoms with van der Waals surface area (Å²) in [5.41, 5.74) is 0.628. The van der Waals surface area contributed by atoms with Crippen molar-refractivity contribution in [3.05, 3.63) is 41.5 Å². The van der Waals surface area contributed by atoms with E-state index in [9.17, 15) is 14.7 Å². The van der Waals surface area contributed by atoms with E-state index in [-0.39, 0.29) is 17.9 Å². The van der Waals surface area contributed by atoms with Crippen LogP contribution in [-0.4, -0.2) is 23.5 Å². The Bertz CT molecular complexity index is 540. The highest BCUT2D eigenvalue weighted by atomic mass is 16.5. The van der Waals surface area contributed by atoms with Crippen LogP contribution in [0.3, 0.4) is 0 Å². The average Bonchev–Trinajstić information content (AvgIpc) is 2.39. The molecule has 18 heavy (non-hydrogen) atoms. The number of aliphatic hydroxyl groups excluding tert-OH is 1. The third-order valence-corrected chi connectivity index (χ3v) is 2.03. The van der Waals surface area contributed by atoms with Crippen LogP contribution in [0.5, 0.6) is 0 Å². The van der Waals surface area contributed by atoms with E-state index in [1.54, 1.807) is 19.1 Å². The van der Waals surface area contributed by atoms with Crippen LogP contribution in [0.25, 0.3) is 5.76 Å². The van der Waals surface area contributed by atoms with Crippen LogP contribution in [0.15, 0.2) is 30.3 Å². The van der Waals surface area contributed by atoms with Crippen molar-refractivity contribution in [2.75, 3.05) is 6.61 Å². The molecule has 0 bridgehead atoms. The molecular formula is C13H11NO4. The van der Waals surface area contributed by atoms with Gasteiger partial charge in [-0.1, -0.05) is 12.1 Å². The van der Waals surface area contributed by atoms with E-state index in [2.05, 4.69) is 4.74 Å². The maximum absolute atomic E-state index is 11.3. The standard InChI is InChI=1S/C13H11NO4/c1-2-18-13(17)12(16)7-11(15)10-5-3-4-9(6-10)8-14/h3-7,15H,2H2,1H3/b11-7+. The molecule has 5 nitrogen and oxygen atoms in total. The summed E-state index contributed by atoms with van der Waals surface area (Å²) >= 11 is 0. The van der Waals surface area contributed by atoms with Gasteiger partial charge in [-0.3, -0.25) is 4.79 Å². The van der Waals surface area contributed by atoms with Gasteiger partial charge in [0, 0.05) is 11.6 Å². The van der Waals surface area contributed by atoms with Crippen molar-refractivity contribution in [3.63, 3.8) is 0 Å². The number of aliphatic hydroxyl groups is 1. The number of ether oxygens (including phenoxy) is 1. The molecule has 92 valence electrons. The summed E-state index contributed by atoms with van der Waals surface area (Å²) in [5.74, 6) is -2.36. The maximum Gasteiger partial charge on any atom is 0.379 e. The number of carbonyl (C=O) groups excluding carboxylic acids is 2. The largest absolute Gasteiger partial charge is 0.507 e. The van der Waals surface area contributed by atoms with Crippen molar-refractivity contribution in [2.24, 2.45) is 0 Å². The van der Waals surface area contributed by atoms with Crippen molar-refractivity contribution in [3.8, 4) is 6.07 Å². The molecule has 0 heterocycles. The van der Waals surface area contributed by atoms with Crippen LogP contribution < -0.4 is 0 Å². The first kappa shape index (κ1) is 13.5. The fraction of sp³-hybridized carbons (Fsp3) is 0.154. The molecule has 0 saturated carbocycles. The van der Waals surface area contributed by atoms with Gasteiger partial charge in [0.25, 0.3) is 5.78 Å². The molecule has 0 atom stereocenters. The van der Waals surface area contributed by atoms with Gasteiger partial charge in [0.05, 0.1) is 18.2 Å². The molecule has 0 saturated heterocycles. The SMILES string of the molecule is CCOC(=O)C(=O)/C=C(/O)c1cccc(C#N)c1. The Morgan fingerprint density at radius 1 is 1.50 bits per heavy atom. The molecule has 1 N–H and O–H groups in total. The van der Waals surface area contributed by atoms with Crippen LogP contribution in [0.2, 0.25) is 0 Å². The minimum Gasteiger partial charge on any atom is -0.507 e. The Hall–Kier alpha value is -2.61. The van der Waals surface area contributed by atoms with E-state index in [0.29, 0.717) is 5.56 Å². The van der Waals surface area contributed by atoms with Crippen molar-refractivity contribution in [1.82, 2.24) is 0 Å². The lowest BCUT2D eigenvalue weighted by Crippen LogP contribution is -2.15. The van der Waals surface area contributed by atoms with Gasteiger partial charge in [0.1, 0.15) is 5.76 Å². The highest BCUT2D eigenvalue weighted by Gasteiger charge is 2.13. The lowest BCUT2D eigenvalue weighted by Gasteiger charge is -2.01.